The molecule has 0 N–H and O–H groups in total. The van der Waals surface area contributed by atoms with E-state index in [1.165, 1.54) is 22.2 Å². The Balaban J connectivity index is 2.19. The van der Waals surface area contributed by atoms with Crippen molar-refractivity contribution in [3.05, 3.63) is 38.9 Å². The Bertz CT molecular complexity index is 906. The first-order valence-electron chi connectivity index (χ1n) is 6.32. The molecule has 0 aliphatic rings. The third-order valence-electron chi connectivity index (χ3n) is 3.11. The minimum atomic E-state index is -0.203. The molecule has 3 aromatic rings. The summed E-state index contributed by atoms with van der Waals surface area (Å²) in [5, 5.41) is 3.89. The largest absolute Gasteiger partial charge is 0.493 e. The molecule has 3 rings (SSSR count). The number of ether oxygens (including phenoxy) is 3. The molecule has 0 aliphatic carbocycles. The van der Waals surface area contributed by atoms with Crippen molar-refractivity contribution in [3.8, 4) is 17.2 Å². The van der Waals surface area contributed by atoms with Gasteiger partial charge in [0, 0.05) is 0 Å². The molecule has 114 valence electrons. The Morgan fingerprint density at radius 3 is 2.36 bits per heavy atom. The third-order valence-corrected chi connectivity index (χ3v) is 4.08. The van der Waals surface area contributed by atoms with Crippen LogP contribution < -0.4 is 24.3 Å². The number of thiazole rings is 1. The van der Waals surface area contributed by atoms with Crippen LogP contribution in [0.1, 0.15) is 5.56 Å². The van der Waals surface area contributed by atoms with E-state index >= 15 is 0 Å². The SMILES string of the molecule is COc1cc(/C=c2/sc3ncnn3c2=O)cc(OC)c1OC. The average Bonchev–Trinajstić information content (AvgIpc) is 3.10. The summed E-state index contributed by atoms with van der Waals surface area (Å²) in [4.78, 5) is 16.8. The highest BCUT2D eigenvalue weighted by Crippen LogP contribution is 2.38. The number of hydrogen-bond donors (Lipinski definition) is 0. The van der Waals surface area contributed by atoms with Crippen LogP contribution in [0.4, 0.5) is 0 Å². The number of nitrogens with zero attached hydrogens (tertiary/aromatic N) is 3. The second kappa shape index (κ2) is 5.64. The van der Waals surface area contributed by atoms with Crippen molar-refractivity contribution in [2.45, 2.75) is 0 Å². The monoisotopic (exact) mass is 319 g/mol. The van der Waals surface area contributed by atoms with E-state index in [9.17, 15) is 4.79 Å². The van der Waals surface area contributed by atoms with Crippen molar-refractivity contribution < 1.29 is 14.2 Å². The summed E-state index contributed by atoms with van der Waals surface area (Å²) in [7, 11) is 4.63. The fraction of sp³-hybridized carbons (Fsp3) is 0.214. The lowest BCUT2D eigenvalue weighted by Gasteiger charge is -2.12. The van der Waals surface area contributed by atoms with Gasteiger partial charge in [0.05, 0.1) is 25.9 Å². The van der Waals surface area contributed by atoms with E-state index < -0.39 is 0 Å². The second-order valence-electron chi connectivity index (χ2n) is 4.33. The standard InChI is InChI=1S/C14H13N3O4S/c1-19-9-4-8(5-10(20-2)12(9)21-3)6-11-13(18)17-14(22-11)15-7-16-17/h4-7H,1-3H3/b11-6+. The Kier molecular flexibility index (Phi) is 3.68. The zero-order valence-corrected chi connectivity index (χ0v) is 13.0. The minimum Gasteiger partial charge on any atom is -0.493 e. The molecule has 22 heavy (non-hydrogen) atoms. The normalized spacial score (nSPS) is 11.9. The van der Waals surface area contributed by atoms with Gasteiger partial charge in [-0.3, -0.25) is 4.79 Å². The number of benzene rings is 1. The van der Waals surface area contributed by atoms with Crippen molar-refractivity contribution in [2.24, 2.45) is 0 Å². The van der Waals surface area contributed by atoms with Crippen molar-refractivity contribution in [3.63, 3.8) is 0 Å². The molecular formula is C14H13N3O4S. The Hall–Kier alpha value is -2.61. The Morgan fingerprint density at radius 1 is 1.14 bits per heavy atom. The van der Waals surface area contributed by atoms with E-state index in [0.29, 0.717) is 26.7 Å². The number of fused-ring (bicyclic) bond motifs is 1. The number of hydrogen-bond acceptors (Lipinski definition) is 7. The minimum absolute atomic E-state index is 0.203. The zero-order valence-electron chi connectivity index (χ0n) is 12.2. The first kappa shape index (κ1) is 14.3. The van der Waals surface area contributed by atoms with E-state index in [1.807, 2.05) is 0 Å². The van der Waals surface area contributed by atoms with Crippen LogP contribution in [0.15, 0.2) is 23.3 Å². The van der Waals surface area contributed by atoms with Crippen molar-refractivity contribution in [1.29, 1.82) is 0 Å². The maximum absolute atomic E-state index is 12.2. The maximum atomic E-state index is 12.2. The van der Waals surface area contributed by atoms with Crippen molar-refractivity contribution in [1.82, 2.24) is 14.6 Å². The van der Waals surface area contributed by atoms with Crippen LogP contribution in [-0.4, -0.2) is 35.9 Å². The maximum Gasteiger partial charge on any atom is 0.291 e. The predicted molar refractivity (Wildman–Crippen MR) is 82.0 cm³/mol. The van der Waals surface area contributed by atoms with Gasteiger partial charge in [-0.1, -0.05) is 11.3 Å². The third kappa shape index (κ3) is 2.27. The molecule has 0 fully saturated rings. The number of methoxy groups -OCH3 is 3. The van der Waals surface area contributed by atoms with Crippen LogP contribution in [0.25, 0.3) is 11.0 Å². The Labute approximate surface area is 129 Å². The van der Waals surface area contributed by atoms with Gasteiger partial charge in [-0.2, -0.15) is 9.61 Å². The molecule has 2 aromatic heterocycles. The summed E-state index contributed by atoms with van der Waals surface area (Å²) in [6.07, 6.45) is 3.10. The highest BCUT2D eigenvalue weighted by molar-refractivity contribution is 7.15. The smallest absolute Gasteiger partial charge is 0.291 e. The van der Waals surface area contributed by atoms with E-state index in [0.717, 1.165) is 5.56 Å². The van der Waals surface area contributed by atoms with Gasteiger partial charge in [-0.15, -0.1) is 0 Å². The molecule has 0 spiro atoms. The summed E-state index contributed by atoms with van der Waals surface area (Å²) in [6.45, 7) is 0. The molecular weight excluding hydrogens is 306 g/mol. The van der Waals surface area contributed by atoms with E-state index in [-0.39, 0.29) is 5.56 Å². The molecule has 0 unspecified atom stereocenters. The van der Waals surface area contributed by atoms with Crippen LogP contribution >= 0.6 is 11.3 Å². The van der Waals surface area contributed by atoms with Gasteiger partial charge in [0.15, 0.2) is 11.5 Å². The molecule has 8 heteroatoms. The highest BCUT2D eigenvalue weighted by Gasteiger charge is 2.13. The molecule has 0 atom stereocenters. The van der Waals surface area contributed by atoms with Crippen molar-refractivity contribution >= 4 is 22.4 Å². The van der Waals surface area contributed by atoms with Gasteiger partial charge < -0.3 is 14.2 Å². The fourth-order valence-electron chi connectivity index (χ4n) is 2.11. The van der Waals surface area contributed by atoms with Gasteiger partial charge in [0.25, 0.3) is 5.56 Å². The topological polar surface area (TPSA) is 75.0 Å². The van der Waals surface area contributed by atoms with Gasteiger partial charge in [-0.25, -0.2) is 4.98 Å². The number of rotatable bonds is 4. The predicted octanol–water partition coefficient (Wildman–Crippen LogP) is 0.724. The summed E-state index contributed by atoms with van der Waals surface area (Å²) < 4.78 is 17.7. The molecule has 7 nitrogen and oxygen atoms in total. The van der Waals surface area contributed by atoms with Crippen LogP contribution in [0.5, 0.6) is 17.2 Å². The van der Waals surface area contributed by atoms with E-state index in [2.05, 4.69) is 10.1 Å². The quantitative estimate of drug-likeness (QED) is 0.705. The molecule has 0 saturated heterocycles. The first-order chi connectivity index (χ1) is 10.7. The van der Waals surface area contributed by atoms with Crippen LogP contribution in [-0.2, 0) is 0 Å². The molecule has 1 aromatic carbocycles. The summed E-state index contributed by atoms with van der Waals surface area (Å²) in [6, 6.07) is 3.55. The fourth-order valence-corrected chi connectivity index (χ4v) is 3.00. The summed E-state index contributed by atoms with van der Waals surface area (Å²) in [5.74, 6) is 1.56. The van der Waals surface area contributed by atoms with Crippen molar-refractivity contribution in [2.75, 3.05) is 21.3 Å². The first-order valence-corrected chi connectivity index (χ1v) is 7.14. The summed E-state index contributed by atoms with van der Waals surface area (Å²) in [5.41, 5.74) is 0.558. The number of aromatic nitrogens is 3. The molecule has 0 bridgehead atoms. The lowest BCUT2D eigenvalue weighted by Crippen LogP contribution is -2.23. The zero-order chi connectivity index (χ0) is 15.7. The molecule has 2 heterocycles. The second-order valence-corrected chi connectivity index (χ2v) is 5.34. The molecule has 0 amide bonds. The van der Waals surface area contributed by atoms with Crippen LogP contribution in [0, 0.1) is 0 Å². The average molecular weight is 319 g/mol. The molecule has 0 saturated carbocycles. The lowest BCUT2D eigenvalue weighted by atomic mass is 10.1. The van der Waals surface area contributed by atoms with Crippen LogP contribution in [0.3, 0.4) is 0 Å². The van der Waals surface area contributed by atoms with E-state index in [4.69, 9.17) is 14.2 Å². The van der Waals surface area contributed by atoms with E-state index in [1.54, 1.807) is 39.5 Å². The molecule has 0 aliphatic heterocycles. The van der Waals surface area contributed by atoms with Gasteiger partial charge in [0.2, 0.25) is 10.7 Å². The van der Waals surface area contributed by atoms with Gasteiger partial charge >= 0.3 is 0 Å². The highest BCUT2D eigenvalue weighted by atomic mass is 32.1. The van der Waals surface area contributed by atoms with Crippen LogP contribution in [0.2, 0.25) is 0 Å². The molecule has 0 radical (unpaired) electrons. The van der Waals surface area contributed by atoms with Gasteiger partial charge in [0.1, 0.15) is 6.33 Å². The van der Waals surface area contributed by atoms with Gasteiger partial charge in [-0.05, 0) is 23.8 Å². The summed E-state index contributed by atoms with van der Waals surface area (Å²) >= 11 is 1.27. The Morgan fingerprint density at radius 2 is 1.82 bits per heavy atom. The lowest BCUT2D eigenvalue weighted by molar-refractivity contribution is 0.324.